The third-order valence-corrected chi connectivity index (χ3v) is 5.15. The van der Waals surface area contributed by atoms with E-state index in [4.69, 9.17) is 5.11 Å². The summed E-state index contributed by atoms with van der Waals surface area (Å²) < 4.78 is 0. The summed E-state index contributed by atoms with van der Waals surface area (Å²) in [7, 11) is 0. The van der Waals surface area contributed by atoms with Crippen LogP contribution in [0.5, 0.6) is 0 Å². The molecule has 0 radical (unpaired) electrons. The fraction of sp³-hybridized carbons (Fsp3) is 0.526. The number of hydrogen-bond acceptors (Lipinski definition) is 3. The van der Waals surface area contributed by atoms with Gasteiger partial charge in [0.1, 0.15) is 0 Å². The van der Waals surface area contributed by atoms with Gasteiger partial charge in [0.05, 0.1) is 12.1 Å². The number of piperidine rings is 2. The fourth-order valence-electron chi connectivity index (χ4n) is 3.67. The molecule has 2 amide bonds. The Morgan fingerprint density at radius 2 is 1.84 bits per heavy atom. The van der Waals surface area contributed by atoms with Gasteiger partial charge in [-0.1, -0.05) is 12.1 Å². The van der Waals surface area contributed by atoms with Gasteiger partial charge >= 0.3 is 5.97 Å². The van der Waals surface area contributed by atoms with Crippen molar-refractivity contribution in [3.8, 4) is 0 Å². The molecule has 134 valence electrons. The van der Waals surface area contributed by atoms with E-state index in [0.717, 1.165) is 37.8 Å². The molecule has 1 aromatic rings. The van der Waals surface area contributed by atoms with Crippen molar-refractivity contribution in [1.29, 1.82) is 0 Å². The lowest BCUT2D eigenvalue weighted by Gasteiger charge is -2.35. The maximum absolute atomic E-state index is 12.6. The molecule has 0 aromatic heterocycles. The quantitative estimate of drug-likeness (QED) is 0.907. The average molecular weight is 344 g/mol. The van der Waals surface area contributed by atoms with E-state index >= 15 is 0 Å². The van der Waals surface area contributed by atoms with Crippen LogP contribution in [-0.4, -0.2) is 58.9 Å². The van der Waals surface area contributed by atoms with Crippen molar-refractivity contribution < 1.29 is 19.5 Å². The number of rotatable bonds is 4. The number of carboxylic acids is 1. The predicted octanol–water partition coefficient (Wildman–Crippen LogP) is 2.10. The SMILES string of the molecule is O=C(O)c1ccc([C@@H]2CCCN(C(=O)CN3CCCCC3=O)C2)cc1. The highest BCUT2D eigenvalue weighted by Gasteiger charge is 2.28. The van der Waals surface area contributed by atoms with Crippen LogP contribution in [0.1, 0.15) is 53.9 Å². The highest BCUT2D eigenvalue weighted by atomic mass is 16.4. The monoisotopic (exact) mass is 344 g/mol. The summed E-state index contributed by atoms with van der Waals surface area (Å²) in [6, 6.07) is 6.92. The summed E-state index contributed by atoms with van der Waals surface area (Å²) in [6.45, 7) is 2.22. The van der Waals surface area contributed by atoms with Crippen LogP contribution in [0.25, 0.3) is 0 Å². The molecule has 25 heavy (non-hydrogen) atoms. The molecule has 0 aliphatic carbocycles. The summed E-state index contributed by atoms with van der Waals surface area (Å²) in [5.41, 5.74) is 1.34. The first kappa shape index (κ1) is 17.5. The van der Waals surface area contributed by atoms with Crippen molar-refractivity contribution >= 4 is 17.8 Å². The molecule has 0 unspecified atom stereocenters. The highest BCUT2D eigenvalue weighted by Crippen LogP contribution is 2.27. The molecule has 0 saturated carbocycles. The average Bonchev–Trinajstić information content (AvgIpc) is 2.64. The lowest BCUT2D eigenvalue weighted by Crippen LogP contribution is -2.47. The van der Waals surface area contributed by atoms with E-state index in [9.17, 15) is 14.4 Å². The number of hydrogen-bond donors (Lipinski definition) is 1. The van der Waals surface area contributed by atoms with Gasteiger partial charge in [-0.25, -0.2) is 4.79 Å². The first-order chi connectivity index (χ1) is 12.0. The lowest BCUT2D eigenvalue weighted by atomic mass is 9.90. The number of likely N-dealkylation sites (tertiary alicyclic amines) is 2. The van der Waals surface area contributed by atoms with Crippen molar-refractivity contribution in [1.82, 2.24) is 9.80 Å². The number of amides is 2. The highest BCUT2D eigenvalue weighted by molar-refractivity contribution is 5.87. The van der Waals surface area contributed by atoms with Crippen molar-refractivity contribution in [3.63, 3.8) is 0 Å². The molecule has 6 nitrogen and oxygen atoms in total. The first-order valence-corrected chi connectivity index (χ1v) is 8.93. The molecular formula is C19H24N2O4. The first-order valence-electron chi connectivity index (χ1n) is 8.93. The van der Waals surface area contributed by atoms with Crippen LogP contribution in [0.15, 0.2) is 24.3 Å². The molecule has 2 aliphatic rings. The number of nitrogens with zero attached hydrogens (tertiary/aromatic N) is 2. The zero-order valence-electron chi connectivity index (χ0n) is 14.3. The summed E-state index contributed by atoms with van der Waals surface area (Å²) in [6.07, 6.45) is 4.34. The number of benzene rings is 1. The second-order valence-corrected chi connectivity index (χ2v) is 6.88. The minimum Gasteiger partial charge on any atom is -0.478 e. The van der Waals surface area contributed by atoms with Gasteiger partial charge in [-0.15, -0.1) is 0 Å². The van der Waals surface area contributed by atoms with E-state index in [-0.39, 0.29) is 29.8 Å². The van der Waals surface area contributed by atoms with E-state index < -0.39 is 5.97 Å². The molecule has 2 heterocycles. The van der Waals surface area contributed by atoms with E-state index in [2.05, 4.69) is 0 Å². The van der Waals surface area contributed by atoms with E-state index in [0.29, 0.717) is 19.5 Å². The molecule has 1 atom stereocenters. The minimum atomic E-state index is -0.932. The molecule has 6 heteroatoms. The maximum Gasteiger partial charge on any atom is 0.335 e. The van der Waals surface area contributed by atoms with Crippen LogP contribution in [-0.2, 0) is 9.59 Å². The molecule has 2 saturated heterocycles. The maximum atomic E-state index is 12.6. The zero-order chi connectivity index (χ0) is 17.8. The molecule has 3 rings (SSSR count). The van der Waals surface area contributed by atoms with E-state index in [1.54, 1.807) is 17.0 Å². The Bertz CT molecular complexity index is 656. The van der Waals surface area contributed by atoms with Gasteiger partial charge in [0, 0.05) is 32.0 Å². The number of carboxylic acid groups (broad SMARTS) is 1. The van der Waals surface area contributed by atoms with Crippen LogP contribution < -0.4 is 0 Å². The number of aromatic carboxylic acids is 1. The third-order valence-electron chi connectivity index (χ3n) is 5.15. The summed E-state index contributed by atoms with van der Waals surface area (Å²) in [5.74, 6) is -0.615. The second kappa shape index (κ2) is 7.68. The second-order valence-electron chi connectivity index (χ2n) is 6.88. The summed E-state index contributed by atoms with van der Waals surface area (Å²) in [4.78, 5) is 39.0. The Kier molecular flexibility index (Phi) is 5.36. The molecule has 0 spiro atoms. The Labute approximate surface area is 147 Å². The minimum absolute atomic E-state index is 0.0158. The molecule has 1 N–H and O–H groups in total. The van der Waals surface area contributed by atoms with Crippen LogP contribution in [0.4, 0.5) is 0 Å². The Hall–Kier alpha value is -2.37. The van der Waals surface area contributed by atoms with E-state index in [1.807, 2.05) is 17.0 Å². The Morgan fingerprint density at radius 1 is 1.08 bits per heavy atom. The third kappa shape index (κ3) is 4.18. The van der Waals surface area contributed by atoms with Crippen LogP contribution >= 0.6 is 0 Å². The fourth-order valence-corrected chi connectivity index (χ4v) is 3.67. The Balaban J connectivity index is 1.61. The van der Waals surface area contributed by atoms with Crippen molar-refractivity contribution in [2.45, 2.75) is 38.0 Å². The van der Waals surface area contributed by atoms with Gasteiger partial charge < -0.3 is 14.9 Å². The smallest absolute Gasteiger partial charge is 0.335 e. The zero-order valence-corrected chi connectivity index (χ0v) is 14.3. The molecule has 2 aliphatic heterocycles. The molecule has 0 bridgehead atoms. The number of carbonyl (C=O) groups is 3. The predicted molar refractivity (Wildman–Crippen MR) is 92.4 cm³/mol. The standard InChI is InChI=1S/C19H24N2O4/c22-17-5-1-2-10-21(17)13-18(23)20-11-3-4-16(12-20)14-6-8-15(9-7-14)19(24)25/h6-9,16H,1-5,10-13H2,(H,24,25)/t16-/m1/s1. The summed E-state index contributed by atoms with van der Waals surface area (Å²) in [5, 5.41) is 8.99. The van der Waals surface area contributed by atoms with Gasteiger partial charge in [0.2, 0.25) is 11.8 Å². The van der Waals surface area contributed by atoms with Crippen molar-refractivity contribution in [3.05, 3.63) is 35.4 Å². The van der Waals surface area contributed by atoms with Gasteiger partial charge in [-0.2, -0.15) is 0 Å². The lowest BCUT2D eigenvalue weighted by molar-refractivity contribution is -0.142. The van der Waals surface area contributed by atoms with Crippen LogP contribution in [0.3, 0.4) is 0 Å². The van der Waals surface area contributed by atoms with Gasteiger partial charge in [0.15, 0.2) is 0 Å². The number of carbonyl (C=O) groups excluding carboxylic acids is 2. The van der Waals surface area contributed by atoms with Gasteiger partial charge in [-0.3, -0.25) is 9.59 Å². The molecular weight excluding hydrogens is 320 g/mol. The Morgan fingerprint density at radius 3 is 2.52 bits per heavy atom. The van der Waals surface area contributed by atoms with Crippen molar-refractivity contribution in [2.24, 2.45) is 0 Å². The van der Waals surface area contributed by atoms with E-state index in [1.165, 1.54) is 0 Å². The van der Waals surface area contributed by atoms with Gasteiger partial charge in [-0.05, 0) is 43.4 Å². The van der Waals surface area contributed by atoms with Crippen LogP contribution in [0.2, 0.25) is 0 Å². The van der Waals surface area contributed by atoms with Gasteiger partial charge in [0.25, 0.3) is 0 Å². The van der Waals surface area contributed by atoms with Crippen LogP contribution in [0, 0.1) is 0 Å². The molecule has 2 fully saturated rings. The largest absolute Gasteiger partial charge is 0.478 e. The van der Waals surface area contributed by atoms with Crippen molar-refractivity contribution in [2.75, 3.05) is 26.2 Å². The summed E-state index contributed by atoms with van der Waals surface area (Å²) >= 11 is 0. The topological polar surface area (TPSA) is 77.9 Å². The molecule has 1 aromatic carbocycles. The normalized spacial score (nSPS) is 21.3.